The number of fused-ring (bicyclic) bond motifs is 1. The first kappa shape index (κ1) is 22.1. The van der Waals surface area contributed by atoms with Gasteiger partial charge in [0.1, 0.15) is 17.1 Å². The zero-order valence-electron chi connectivity index (χ0n) is 17.5. The minimum Gasteiger partial charge on any atom is -0.444 e. The number of rotatable bonds is 4. The number of nitrogens with one attached hydrogen (secondary N) is 1. The molecule has 3 rings (SSSR count). The van der Waals surface area contributed by atoms with Gasteiger partial charge in [-0.1, -0.05) is 49.0 Å². The van der Waals surface area contributed by atoms with Crippen molar-refractivity contribution >= 4 is 23.0 Å². The van der Waals surface area contributed by atoms with Crippen molar-refractivity contribution in [3.8, 4) is 0 Å². The van der Waals surface area contributed by atoms with Crippen LogP contribution in [0.15, 0.2) is 35.3 Å². The average Bonchev–Trinajstić information content (AvgIpc) is 3.01. The molecular formula is C21H30N2O5S. The molecule has 2 heterocycles. The van der Waals surface area contributed by atoms with Crippen molar-refractivity contribution < 1.29 is 24.1 Å². The van der Waals surface area contributed by atoms with E-state index < -0.39 is 17.8 Å². The van der Waals surface area contributed by atoms with Gasteiger partial charge in [-0.05, 0) is 33.3 Å². The highest BCUT2D eigenvalue weighted by Gasteiger charge is 2.49. The van der Waals surface area contributed by atoms with E-state index in [1.165, 1.54) is 11.8 Å². The van der Waals surface area contributed by atoms with Gasteiger partial charge in [-0.15, -0.1) is 0 Å². The van der Waals surface area contributed by atoms with E-state index in [2.05, 4.69) is 10.3 Å². The number of amides is 1. The topological polar surface area (TPSA) is 89.4 Å². The summed E-state index contributed by atoms with van der Waals surface area (Å²) in [4.78, 5) is 16.8. The summed E-state index contributed by atoms with van der Waals surface area (Å²) in [5.74, 6) is -0.0646. The third-order valence-electron chi connectivity index (χ3n) is 4.81. The van der Waals surface area contributed by atoms with Gasteiger partial charge in [0.15, 0.2) is 5.17 Å². The SMILES string of the molecule is CC(O)[C@H]1O[C@@H]2SC(NC(=O)OC(C)(C)C)=N[C@@H]2[C@@H](OCc2ccccc2)[C@@H]1C. The Bertz CT molecular complexity index is 734. The van der Waals surface area contributed by atoms with Gasteiger partial charge >= 0.3 is 6.09 Å². The molecule has 1 unspecified atom stereocenters. The molecule has 2 aliphatic heterocycles. The monoisotopic (exact) mass is 422 g/mol. The smallest absolute Gasteiger partial charge is 0.413 e. The molecule has 29 heavy (non-hydrogen) atoms. The van der Waals surface area contributed by atoms with Crippen LogP contribution in [-0.4, -0.2) is 51.8 Å². The van der Waals surface area contributed by atoms with Gasteiger partial charge in [0.2, 0.25) is 0 Å². The van der Waals surface area contributed by atoms with Crippen LogP contribution in [0.5, 0.6) is 0 Å². The Morgan fingerprint density at radius 2 is 2.03 bits per heavy atom. The lowest BCUT2D eigenvalue weighted by Crippen LogP contribution is -2.54. The van der Waals surface area contributed by atoms with Crippen molar-refractivity contribution in [2.75, 3.05) is 0 Å². The number of alkyl carbamates (subject to hydrolysis) is 1. The number of aliphatic hydroxyl groups excluding tert-OH is 1. The van der Waals surface area contributed by atoms with Crippen molar-refractivity contribution in [3.05, 3.63) is 35.9 Å². The Balaban J connectivity index is 1.73. The molecule has 1 fully saturated rings. The number of ether oxygens (including phenoxy) is 3. The van der Waals surface area contributed by atoms with Crippen molar-refractivity contribution in [1.29, 1.82) is 0 Å². The third kappa shape index (κ3) is 5.72. The second-order valence-electron chi connectivity index (χ2n) is 8.50. The first-order valence-corrected chi connectivity index (χ1v) is 10.8. The van der Waals surface area contributed by atoms with Crippen molar-refractivity contribution in [1.82, 2.24) is 5.32 Å². The predicted octanol–water partition coefficient (Wildman–Crippen LogP) is 3.31. The van der Waals surface area contributed by atoms with E-state index in [0.717, 1.165) is 5.56 Å². The number of carbonyl (C=O) groups excluding carboxylic acids is 1. The van der Waals surface area contributed by atoms with E-state index in [-0.39, 0.29) is 29.6 Å². The molecule has 0 spiro atoms. The average molecular weight is 423 g/mol. The quantitative estimate of drug-likeness (QED) is 0.774. The summed E-state index contributed by atoms with van der Waals surface area (Å²) in [7, 11) is 0. The van der Waals surface area contributed by atoms with Gasteiger partial charge in [-0.25, -0.2) is 4.79 Å². The van der Waals surface area contributed by atoms with Crippen LogP contribution in [0.1, 0.15) is 40.2 Å². The Kier molecular flexibility index (Phi) is 6.88. The molecule has 1 amide bonds. The largest absolute Gasteiger partial charge is 0.444 e. The molecule has 0 aliphatic carbocycles. The minimum atomic E-state index is -0.641. The molecule has 0 saturated carbocycles. The molecule has 2 N–H and O–H groups in total. The van der Waals surface area contributed by atoms with Gasteiger partial charge in [0.25, 0.3) is 0 Å². The first-order chi connectivity index (χ1) is 13.6. The van der Waals surface area contributed by atoms with Crippen LogP contribution < -0.4 is 5.32 Å². The zero-order valence-corrected chi connectivity index (χ0v) is 18.3. The molecule has 6 atom stereocenters. The maximum atomic E-state index is 12.1. The standard InChI is InChI=1S/C21H30N2O5S/c1-12-16(13(2)24)27-18-15(17(12)26-11-14-9-7-6-8-10-14)22-19(29-18)23-20(25)28-21(3,4)5/h6-10,12-13,15-18,24H,11H2,1-5H3,(H,22,23,25)/t12-,13?,15-,16+,17+,18-/m1/s1. The van der Waals surface area contributed by atoms with Crippen molar-refractivity contribution in [3.63, 3.8) is 0 Å². The number of aliphatic hydroxyl groups is 1. The lowest BCUT2D eigenvalue weighted by molar-refractivity contribution is -0.165. The van der Waals surface area contributed by atoms with Crippen molar-refractivity contribution in [2.24, 2.45) is 10.9 Å². The van der Waals surface area contributed by atoms with Crippen LogP contribution in [0.4, 0.5) is 4.79 Å². The van der Waals surface area contributed by atoms with Crippen LogP contribution in [-0.2, 0) is 20.8 Å². The number of nitrogens with zero attached hydrogens (tertiary/aromatic N) is 1. The highest BCUT2D eigenvalue weighted by molar-refractivity contribution is 8.14. The molecule has 1 aromatic rings. The van der Waals surface area contributed by atoms with E-state index in [4.69, 9.17) is 14.2 Å². The summed E-state index contributed by atoms with van der Waals surface area (Å²) in [6, 6.07) is 9.65. The second kappa shape index (κ2) is 9.04. The Morgan fingerprint density at radius 1 is 1.34 bits per heavy atom. The van der Waals surface area contributed by atoms with Crippen LogP contribution in [0.25, 0.3) is 0 Å². The van der Waals surface area contributed by atoms with Crippen LogP contribution >= 0.6 is 11.8 Å². The van der Waals surface area contributed by atoms with Crippen molar-refractivity contribution in [2.45, 2.75) is 76.6 Å². The molecule has 2 aliphatic rings. The number of amidine groups is 1. The summed E-state index contributed by atoms with van der Waals surface area (Å²) < 4.78 is 17.7. The first-order valence-electron chi connectivity index (χ1n) is 9.87. The minimum absolute atomic E-state index is 0.0646. The Labute approximate surface area is 176 Å². The van der Waals surface area contributed by atoms with E-state index >= 15 is 0 Å². The van der Waals surface area contributed by atoms with Gasteiger partial charge in [-0.2, -0.15) is 0 Å². The maximum absolute atomic E-state index is 12.1. The molecule has 7 nitrogen and oxygen atoms in total. The van der Waals surface area contributed by atoms with Gasteiger partial charge in [0.05, 0.1) is 24.9 Å². The van der Waals surface area contributed by atoms with Gasteiger partial charge in [-0.3, -0.25) is 10.3 Å². The van der Waals surface area contributed by atoms with Gasteiger partial charge < -0.3 is 19.3 Å². The van der Waals surface area contributed by atoms with Gasteiger partial charge in [0, 0.05) is 5.92 Å². The number of hydrogen-bond acceptors (Lipinski definition) is 7. The number of hydrogen-bond donors (Lipinski definition) is 2. The lowest BCUT2D eigenvalue weighted by atomic mass is 9.87. The van der Waals surface area contributed by atoms with E-state index in [9.17, 15) is 9.90 Å². The fraction of sp³-hybridized carbons (Fsp3) is 0.619. The van der Waals surface area contributed by atoms with E-state index in [1.54, 1.807) is 27.7 Å². The maximum Gasteiger partial charge on any atom is 0.413 e. The third-order valence-corrected chi connectivity index (χ3v) is 5.86. The molecule has 8 heteroatoms. The van der Waals surface area contributed by atoms with E-state index in [0.29, 0.717) is 11.8 Å². The van der Waals surface area contributed by atoms with Crippen LogP contribution in [0.2, 0.25) is 0 Å². The number of thioether (sulfide) groups is 1. The van der Waals surface area contributed by atoms with E-state index in [1.807, 2.05) is 37.3 Å². The van der Waals surface area contributed by atoms with Crippen LogP contribution in [0.3, 0.4) is 0 Å². The predicted molar refractivity (Wildman–Crippen MR) is 113 cm³/mol. The molecule has 1 aromatic carbocycles. The summed E-state index contributed by atoms with van der Waals surface area (Å²) in [5, 5.41) is 13.3. The lowest BCUT2D eigenvalue weighted by Gasteiger charge is -2.42. The molecule has 160 valence electrons. The molecular weight excluding hydrogens is 392 g/mol. The molecule has 0 bridgehead atoms. The number of benzene rings is 1. The fourth-order valence-electron chi connectivity index (χ4n) is 3.54. The summed E-state index contributed by atoms with van der Waals surface area (Å²) in [6.45, 7) is 9.59. The number of aliphatic imine (C=N–C) groups is 1. The normalized spacial score (nSPS) is 30.3. The Morgan fingerprint density at radius 3 is 2.66 bits per heavy atom. The zero-order chi connectivity index (χ0) is 21.2. The van der Waals surface area contributed by atoms with Crippen LogP contribution in [0, 0.1) is 5.92 Å². The highest BCUT2D eigenvalue weighted by Crippen LogP contribution is 2.40. The highest BCUT2D eigenvalue weighted by atomic mass is 32.2. The number of carbonyl (C=O) groups is 1. The Hall–Kier alpha value is -1.61. The molecule has 0 aromatic heterocycles. The fourth-order valence-corrected chi connectivity index (χ4v) is 4.63. The summed E-state index contributed by atoms with van der Waals surface area (Å²) >= 11 is 1.32. The summed E-state index contributed by atoms with van der Waals surface area (Å²) in [5.41, 5.74) is 0.138. The summed E-state index contributed by atoms with van der Waals surface area (Å²) in [6.07, 6.45) is -1.82. The molecule has 1 saturated heterocycles. The second-order valence-corrected chi connectivity index (χ2v) is 9.59. The molecule has 0 radical (unpaired) electrons.